The number of benzene rings is 1. The van der Waals surface area contributed by atoms with Crippen molar-refractivity contribution in [2.45, 2.75) is 25.4 Å². The van der Waals surface area contributed by atoms with Crippen molar-refractivity contribution < 1.29 is 4.74 Å². The lowest BCUT2D eigenvalue weighted by Gasteiger charge is -2.24. The molecular formula is C13H20N2O. The van der Waals surface area contributed by atoms with Crippen molar-refractivity contribution in [3.05, 3.63) is 29.8 Å². The quantitative estimate of drug-likeness (QED) is 0.794. The number of anilines is 1. The van der Waals surface area contributed by atoms with Gasteiger partial charge in [-0.3, -0.25) is 0 Å². The van der Waals surface area contributed by atoms with E-state index in [0.29, 0.717) is 12.6 Å². The van der Waals surface area contributed by atoms with Gasteiger partial charge in [-0.05, 0) is 30.5 Å². The molecule has 0 unspecified atom stereocenters. The summed E-state index contributed by atoms with van der Waals surface area (Å²) < 4.78 is 5.16. The second-order valence-electron chi connectivity index (χ2n) is 4.29. The van der Waals surface area contributed by atoms with E-state index in [1.54, 1.807) is 7.11 Å². The van der Waals surface area contributed by atoms with Gasteiger partial charge in [0.2, 0.25) is 0 Å². The highest BCUT2D eigenvalue weighted by atomic mass is 16.5. The van der Waals surface area contributed by atoms with Crippen molar-refractivity contribution in [1.82, 2.24) is 0 Å². The normalized spacial score (nSPS) is 15.1. The van der Waals surface area contributed by atoms with Crippen LogP contribution in [0.5, 0.6) is 0 Å². The highest BCUT2D eigenvalue weighted by Gasteiger charge is 2.28. The summed E-state index contributed by atoms with van der Waals surface area (Å²) in [5.41, 5.74) is 8.14. The number of nitrogens with two attached hydrogens (primary N) is 1. The first-order valence-electron chi connectivity index (χ1n) is 5.89. The van der Waals surface area contributed by atoms with Crippen LogP contribution in [0.15, 0.2) is 24.3 Å². The van der Waals surface area contributed by atoms with Crippen LogP contribution in [0.4, 0.5) is 5.69 Å². The van der Waals surface area contributed by atoms with Crippen LogP contribution in [0.1, 0.15) is 18.4 Å². The number of rotatable bonds is 6. The molecule has 1 saturated carbocycles. The Morgan fingerprint density at radius 1 is 1.44 bits per heavy atom. The summed E-state index contributed by atoms with van der Waals surface area (Å²) in [5, 5.41) is 0. The largest absolute Gasteiger partial charge is 0.383 e. The molecule has 1 fully saturated rings. The zero-order chi connectivity index (χ0) is 11.4. The molecule has 0 atom stereocenters. The minimum atomic E-state index is 0.608. The molecule has 0 saturated heterocycles. The summed E-state index contributed by atoms with van der Waals surface area (Å²) in [4.78, 5) is 2.43. The maximum absolute atomic E-state index is 5.67. The molecule has 2 rings (SSSR count). The average Bonchev–Trinajstić information content (AvgIpc) is 3.14. The van der Waals surface area contributed by atoms with Crippen molar-refractivity contribution in [1.29, 1.82) is 0 Å². The van der Waals surface area contributed by atoms with Gasteiger partial charge in [-0.2, -0.15) is 0 Å². The van der Waals surface area contributed by atoms with E-state index < -0.39 is 0 Å². The van der Waals surface area contributed by atoms with Gasteiger partial charge in [0.05, 0.1) is 6.61 Å². The Morgan fingerprint density at radius 3 is 2.88 bits per heavy atom. The fourth-order valence-electron chi connectivity index (χ4n) is 1.96. The molecule has 1 aromatic rings. The number of nitrogens with zero attached hydrogens (tertiary/aromatic N) is 1. The molecule has 16 heavy (non-hydrogen) atoms. The Kier molecular flexibility index (Phi) is 3.80. The Morgan fingerprint density at radius 2 is 2.25 bits per heavy atom. The van der Waals surface area contributed by atoms with Crippen LogP contribution in [0, 0.1) is 0 Å². The lowest BCUT2D eigenvalue weighted by atomic mass is 10.2. The Balaban J connectivity index is 2.10. The van der Waals surface area contributed by atoms with Gasteiger partial charge >= 0.3 is 0 Å². The molecule has 1 aliphatic carbocycles. The van der Waals surface area contributed by atoms with E-state index in [0.717, 1.165) is 13.2 Å². The van der Waals surface area contributed by atoms with E-state index in [2.05, 4.69) is 29.2 Å². The number of ether oxygens (including phenoxy) is 1. The molecule has 2 N–H and O–H groups in total. The highest BCUT2D eigenvalue weighted by molar-refractivity contribution is 5.50. The lowest BCUT2D eigenvalue weighted by Crippen LogP contribution is -2.29. The fourth-order valence-corrected chi connectivity index (χ4v) is 1.96. The zero-order valence-corrected chi connectivity index (χ0v) is 9.86. The predicted molar refractivity (Wildman–Crippen MR) is 66.6 cm³/mol. The van der Waals surface area contributed by atoms with Gasteiger partial charge in [0.1, 0.15) is 0 Å². The molecule has 0 bridgehead atoms. The van der Waals surface area contributed by atoms with Crippen molar-refractivity contribution in [2.75, 3.05) is 25.2 Å². The molecule has 0 aromatic heterocycles. The van der Waals surface area contributed by atoms with Gasteiger partial charge in [-0.1, -0.05) is 12.1 Å². The van der Waals surface area contributed by atoms with Crippen LogP contribution in [-0.2, 0) is 11.3 Å². The molecule has 1 aliphatic rings. The predicted octanol–water partition coefficient (Wildman–Crippen LogP) is 1.76. The van der Waals surface area contributed by atoms with E-state index >= 15 is 0 Å². The maximum atomic E-state index is 5.67. The van der Waals surface area contributed by atoms with Gasteiger partial charge in [-0.25, -0.2) is 0 Å². The molecule has 0 radical (unpaired) electrons. The van der Waals surface area contributed by atoms with Crippen LogP contribution in [0.2, 0.25) is 0 Å². The van der Waals surface area contributed by atoms with Crippen molar-refractivity contribution in [3.63, 3.8) is 0 Å². The smallest absolute Gasteiger partial charge is 0.0637 e. The number of hydrogen-bond donors (Lipinski definition) is 1. The SMILES string of the molecule is COCCN(c1cccc(CN)c1)C1CC1. The van der Waals surface area contributed by atoms with E-state index in [4.69, 9.17) is 10.5 Å². The van der Waals surface area contributed by atoms with Gasteiger partial charge < -0.3 is 15.4 Å². The zero-order valence-electron chi connectivity index (χ0n) is 9.86. The third kappa shape index (κ3) is 2.74. The van der Waals surface area contributed by atoms with E-state index in [1.165, 1.54) is 24.1 Å². The summed E-state index contributed by atoms with van der Waals surface area (Å²) in [5.74, 6) is 0. The molecule has 1 aromatic carbocycles. The van der Waals surface area contributed by atoms with Gasteiger partial charge in [0.15, 0.2) is 0 Å². The molecule has 0 heterocycles. The first-order chi connectivity index (χ1) is 7.85. The van der Waals surface area contributed by atoms with Gasteiger partial charge in [-0.15, -0.1) is 0 Å². The van der Waals surface area contributed by atoms with E-state index in [1.807, 2.05) is 0 Å². The van der Waals surface area contributed by atoms with Crippen molar-refractivity contribution in [3.8, 4) is 0 Å². The summed E-state index contributed by atoms with van der Waals surface area (Å²) in [6.45, 7) is 2.36. The number of hydrogen-bond acceptors (Lipinski definition) is 3. The van der Waals surface area contributed by atoms with Gasteiger partial charge in [0, 0.05) is 31.9 Å². The van der Waals surface area contributed by atoms with Crippen LogP contribution >= 0.6 is 0 Å². The van der Waals surface area contributed by atoms with E-state index in [9.17, 15) is 0 Å². The third-order valence-corrected chi connectivity index (χ3v) is 3.00. The monoisotopic (exact) mass is 220 g/mol. The average molecular weight is 220 g/mol. The molecule has 0 aliphatic heterocycles. The maximum Gasteiger partial charge on any atom is 0.0637 e. The van der Waals surface area contributed by atoms with Crippen molar-refractivity contribution in [2.24, 2.45) is 5.73 Å². The summed E-state index contributed by atoms with van der Waals surface area (Å²) >= 11 is 0. The molecule has 0 spiro atoms. The van der Waals surface area contributed by atoms with E-state index in [-0.39, 0.29) is 0 Å². The Hall–Kier alpha value is -1.06. The van der Waals surface area contributed by atoms with Crippen LogP contribution in [0.25, 0.3) is 0 Å². The summed E-state index contributed by atoms with van der Waals surface area (Å²) in [7, 11) is 1.75. The minimum Gasteiger partial charge on any atom is -0.383 e. The minimum absolute atomic E-state index is 0.608. The second kappa shape index (κ2) is 5.32. The topological polar surface area (TPSA) is 38.5 Å². The molecule has 0 amide bonds. The Labute approximate surface area is 97.2 Å². The standard InChI is InChI=1S/C13H20N2O/c1-16-8-7-15(12-5-6-12)13-4-2-3-11(9-13)10-14/h2-4,9,12H,5-8,10,14H2,1H3. The van der Waals surface area contributed by atoms with Crippen LogP contribution in [0.3, 0.4) is 0 Å². The first kappa shape index (κ1) is 11.4. The first-order valence-corrected chi connectivity index (χ1v) is 5.89. The molecule has 88 valence electrons. The lowest BCUT2D eigenvalue weighted by molar-refractivity contribution is 0.205. The van der Waals surface area contributed by atoms with Crippen molar-refractivity contribution >= 4 is 5.69 Å². The summed E-state index contributed by atoms with van der Waals surface area (Å²) in [6.07, 6.45) is 2.60. The number of methoxy groups -OCH3 is 1. The summed E-state index contributed by atoms with van der Waals surface area (Å²) in [6, 6.07) is 9.22. The van der Waals surface area contributed by atoms with Gasteiger partial charge in [0.25, 0.3) is 0 Å². The van der Waals surface area contributed by atoms with Crippen LogP contribution < -0.4 is 10.6 Å². The molecule has 3 nitrogen and oxygen atoms in total. The van der Waals surface area contributed by atoms with Crippen LogP contribution in [-0.4, -0.2) is 26.3 Å². The third-order valence-electron chi connectivity index (χ3n) is 3.00. The molecular weight excluding hydrogens is 200 g/mol. The Bertz CT molecular complexity index is 336. The second-order valence-corrected chi connectivity index (χ2v) is 4.29. The highest BCUT2D eigenvalue weighted by Crippen LogP contribution is 2.31. The fraction of sp³-hybridized carbons (Fsp3) is 0.538. The molecule has 3 heteroatoms.